The Kier molecular flexibility index (Phi) is 5.26. The van der Waals surface area contributed by atoms with Gasteiger partial charge in [0.1, 0.15) is 11.6 Å². The van der Waals surface area contributed by atoms with Gasteiger partial charge in [-0.1, -0.05) is 36.4 Å². The van der Waals surface area contributed by atoms with Crippen molar-refractivity contribution in [2.75, 3.05) is 17.3 Å². The van der Waals surface area contributed by atoms with Gasteiger partial charge < -0.3 is 10.1 Å². The summed E-state index contributed by atoms with van der Waals surface area (Å²) in [5.74, 6) is 1.37. The van der Waals surface area contributed by atoms with Crippen LogP contribution in [0, 0.1) is 0 Å². The summed E-state index contributed by atoms with van der Waals surface area (Å²) in [6.45, 7) is 0.402. The van der Waals surface area contributed by atoms with Crippen molar-refractivity contribution in [2.45, 2.75) is 6.54 Å². The fraction of sp³-hybridized carbons (Fsp3) is 0.100. The second kappa shape index (κ2) is 7.97. The lowest BCUT2D eigenvalue weighted by Crippen LogP contribution is -2.35. The average molecular weight is 333 g/mol. The van der Waals surface area contributed by atoms with Gasteiger partial charge in [-0.3, -0.25) is 4.90 Å². The maximum Gasteiger partial charge on any atom is 0.327 e. The van der Waals surface area contributed by atoms with Crippen LogP contribution in [0.4, 0.5) is 16.3 Å². The Balaban J connectivity index is 1.83. The molecule has 0 aliphatic rings. The van der Waals surface area contributed by atoms with E-state index in [1.807, 2.05) is 72.8 Å². The molecule has 1 heterocycles. The third-order valence-electron chi connectivity index (χ3n) is 3.70. The number of methoxy groups -OCH3 is 1. The summed E-state index contributed by atoms with van der Waals surface area (Å²) in [4.78, 5) is 18.7. The van der Waals surface area contributed by atoms with Crippen molar-refractivity contribution in [3.05, 3.63) is 84.6 Å². The van der Waals surface area contributed by atoms with Gasteiger partial charge in [0.2, 0.25) is 0 Å². The van der Waals surface area contributed by atoms with Gasteiger partial charge in [-0.15, -0.1) is 0 Å². The topological polar surface area (TPSA) is 54.5 Å². The number of hydrogen-bond acceptors (Lipinski definition) is 3. The number of carbonyl (C=O) groups excluding carboxylic acids is 1. The number of pyridine rings is 1. The molecule has 0 saturated carbocycles. The summed E-state index contributed by atoms with van der Waals surface area (Å²) in [5.41, 5.74) is 1.72. The fourth-order valence-electron chi connectivity index (χ4n) is 2.40. The molecule has 0 saturated heterocycles. The zero-order valence-electron chi connectivity index (χ0n) is 13.9. The summed E-state index contributed by atoms with van der Waals surface area (Å²) < 4.78 is 5.18. The van der Waals surface area contributed by atoms with Gasteiger partial charge in [0, 0.05) is 11.9 Å². The number of carbonyl (C=O) groups is 1. The molecule has 0 atom stereocenters. The van der Waals surface area contributed by atoms with Crippen LogP contribution in [-0.4, -0.2) is 18.1 Å². The standard InChI is InChI=1S/C20H19N3O2/c1-25-18-12-10-16(11-13-18)15-23(19-9-5-6-14-21-19)20(24)22-17-7-3-2-4-8-17/h2-14H,15H2,1H3,(H,22,24). The quantitative estimate of drug-likeness (QED) is 0.756. The molecule has 3 rings (SSSR count). The monoisotopic (exact) mass is 333 g/mol. The fourth-order valence-corrected chi connectivity index (χ4v) is 2.40. The molecule has 5 nitrogen and oxygen atoms in total. The van der Waals surface area contributed by atoms with Crippen molar-refractivity contribution in [1.82, 2.24) is 4.98 Å². The highest BCUT2D eigenvalue weighted by atomic mass is 16.5. The van der Waals surface area contributed by atoms with E-state index in [9.17, 15) is 4.79 Å². The van der Waals surface area contributed by atoms with Gasteiger partial charge in [-0.05, 0) is 42.0 Å². The molecule has 5 heteroatoms. The number of nitrogens with one attached hydrogen (secondary N) is 1. The zero-order valence-corrected chi connectivity index (χ0v) is 13.9. The molecule has 0 radical (unpaired) electrons. The highest BCUT2D eigenvalue weighted by molar-refractivity contribution is 6.01. The Hall–Kier alpha value is -3.34. The first-order valence-electron chi connectivity index (χ1n) is 7.94. The van der Waals surface area contributed by atoms with Gasteiger partial charge in [0.15, 0.2) is 0 Å². The molecule has 0 bridgehead atoms. The number of ether oxygens (including phenoxy) is 1. The molecule has 0 unspecified atom stereocenters. The van der Waals surface area contributed by atoms with E-state index in [2.05, 4.69) is 10.3 Å². The van der Waals surface area contributed by atoms with E-state index in [-0.39, 0.29) is 6.03 Å². The van der Waals surface area contributed by atoms with Crippen LogP contribution in [0.5, 0.6) is 5.75 Å². The number of benzene rings is 2. The molecular formula is C20H19N3O2. The van der Waals surface area contributed by atoms with Crippen LogP contribution in [0.2, 0.25) is 0 Å². The Morgan fingerprint density at radius 2 is 1.72 bits per heavy atom. The zero-order chi connectivity index (χ0) is 17.5. The lowest BCUT2D eigenvalue weighted by atomic mass is 10.2. The smallest absolute Gasteiger partial charge is 0.327 e. The number of rotatable bonds is 5. The minimum atomic E-state index is -0.235. The first kappa shape index (κ1) is 16.5. The van der Waals surface area contributed by atoms with Gasteiger partial charge in [-0.2, -0.15) is 0 Å². The molecule has 3 aromatic rings. The number of nitrogens with zero attached hydrogens (tertiary/aromatic N) is 2. The minimum Gasteiger partial charge on any atom is -0.497 e. The van der Waals surface area contributed by atoms with Crippen LogP contribution in [0.15, 0.2) is 79.0 Å². The van der Waals surface area contributed by atoms with Crippen LogP contribution in [0.25, 0.3) is 0 Å². The largest absolute Gasteiger partial charge is 0.497 e. The molecule has 1 N–H and O–H groups in total. The van der Waals surface area contributed by atoms with Gasteiger partial charge in [-0.25, -0.2) is 9.78 Å². The van der Waals surface area contributed by atoms with Crippen LogP contribution in [0.1, 0.15) is 5.56 Å². The van der Waals surface area contributed by atoms with Gasteiger partial charge in [0.25, 0.3) is 0 Å². The number of anilines is 2. The predicted octanol–water partition coefficient (Wildman–Crippen LogP) is 4.33. The third kappa shape index (κ3) is 4.35. The van der Waals surface area contributed by atoms with Crippen molar-refractivity contribution in [2.24, 2.45) is 0 Å². The molecule has 0 fully saturated rings. The molecule has 1 aromatic heterocycles. The Bertz CT molecular complexity index is 805. The highest BCUT2D eigenvalue weighted by Crippen LogP contribution is 2.18. The predicted molar refractivity (Wildman–Crippen MR) is 98.9 cm³/mol. The normalized spacial score (nSPS) is 10.1. The highest BCUT2D eigenvalue weighted by Gasteiger charge is 2.17. The summed E-state index contributed by atoms with van der Waals surface area (Å²) in [6.07, 6.45) is 1.67. The first-order valence-corrected chi connectivity index (χ1v) is 7.94. The lowest BCUT2D eigenvalue weighted by Gasteiger charge is -2.22. The molecule has 2 aromatic carbocycles. The number of hydrogen-bond donors (Lipinski definition) is 1. The van der Waals surface area contributed by atoms with E-state index in [1.54, 1.807) is 18.2 Å². The van der Waals surface area contributed by atoms with Gasteiger partial charge in [0.05, 0.1) is 13.7 Å². The number of para-hydroxylation sites is 1. The molecular weight excluding hydrogens is 314 g/mol. The maximum absolute atomic E-state index is 12.8. The maximum atomic E-state index is 12.8. The van der Waals surface area contributed by atoms with Crippen LogP contribution in [-0.2, 0) is 6.54 Å². The molecule has 0 spiro atoms. The molecule has 2 amide bonds. The minimum absolute atomic E-state index is 0.235. The van der Waals surface area contributed by atoms with E-state index >= 15 is 0 Å². The van der Waals surface area contributed by atoms with Gasteiger partial charge >= 0.3 is 6.03 Å². The third-order valence-corrected chi connectivity index (χ3v) is 3.70. The van der Waals surface area contributed by atoms with E-state index < -0.39 is 0 Å². The van der Waals surface area contributed by atoms with Crippen LogP contribution >= 0.6 is 0 Å². The second-order valence-electron chi connectivity index (χ2n) is 5.42. The second-order valence-corrected chi connectivity index (χ2v) is 5.42. The molecule has 25 heavy (non-hydrogen) atoms. The molecule has 0 aliphatic heterocycles. The van der Waals surface area contributed by atoms with Crippen LogP contribution in [0.3, 0.4) is 0 Å². The van der Waals surface area contributed by atoms with Crippen molar-refractivity contribution in [1.29, 1.82) is 0 Å². The first-order chi connectivity index (χ1) is 12.3. The number of amides is 2. The lowest BCUT2D eigenvalue weighted by molar-refractivity contribution is 0.256. The number of aromatic nitrogens is 1. The Labute approximate surface area is 146 Å². The van der Waals surface area contributed by atoms with Crippen molar-refractivity contribution in [3.63, 3.8) is 0 Å². The van der Waals surface area contributed by atoms with E-state index in [0.29, 0.717) is 12.4 Å². The van der Waals surface area contributed by atoms with Crippen molar-refractivity contribution < 1.29 is 9.53 Å². The van der Waals surface area contributed by atoms with E-state index in [0.717, 1.165) is 17.0 Å². The average Bonchev–Trinajstić information content (AvgIpc) is 2.68. The summed E-state index contributed by atoms with van der Waals surface area (Å²) in [6, 6.07) is 22.2. The Morgan fingerprint density at radius 1 is 1.00 bits per heavy atom. The van der Waals surface area contributed by atoms with E-state index in [4.69, 9.17) is 4.74 Å². The SMILES string of the molecule is COc1ccc(CN(C(=O)Nc2ccccc2)c2ccccn2)cc1. The summed E-state index contributed by atoms with van der Waals surface area (Å²) >= 11 is 0. The van der Waals surface area contributed by atoms with Crippen molar-refractivity contribution in [3.8, 4) is 5.75 Å². The van der Waals surface area contributed by atoms with Crippen molar-refractivity contribution >= 4 is 17.5 Å². The Morgan fingerprint density at radius 3 is 2.36 bits per heavy atom. The van der Waals surface area contributed by atoms with E-state index in [1.165, 1.54) is 0 Å². The molecule has 126 valence electrons. The molecule has 0 aliphatic carbocycles. The van der Waals surface area contributed by atoms with Crippen LogP contribution < -0.4 is 15.0 Å². The summed E-state index contributed by atoms with van der Waals surface area (Å²) in [5, 5.41) is 2.91. The number of urea groups is 1. The summed E-state index contributed by atoms with van der Waals surface area (Å²) in [7, 11) is 1.63.